The summed E-state index contributed by atoms with van der Waals surface area (Å²) in [6.45, 7) is 5.25. The largest absolute Gasteiger partial charge is 0.493 e. The zero-order valence-electron chi connectivity index (χ0n) is 14.8. The van der Waals surface area contributed by atoms with E-state index in [1.807, 2.05) is 32.0 Å². The van der Waals surface area contributed by atoms with Gasteiger partial charge in [-0.05, 0) is 30.0 Å². The molecule has 1 rings (SSSR count). The van der Waals surface area contributed by atoms with Crippen LogP contribution in [0.5, 0.6) is 11.5 Å². The SMILES string of the molecule is COCCCOc1cc(C[C@@H](C(=O)OC)C(C)C)ccc1OC. The van der Waals surface area contributed by atoms with Crippen LogP contribution in [0, 0.1) is 11.8 Å². The fourth-order valence-electron chi connectivity index (χ4n) is 2.34. The third-order valence-corrected chi connectivity index (χ3v) is 3.74. The van der Waals surface area contributed by atoms with Crippen molar-refractivity contribution in [2.75, 3.05) is 34.5 Å². The van der Waals surface area contributed by atoms with Gasteiger partial charge in [-0.25, -0.2) is 0 Å². The number of rotatable bonds is 10. The highest BCUT2D eigenvalue weighted by Gasteiger charge is 2.23. The molecule has 0 unspecified atom stereocenters. The highest BCUT2D eigenvalue weighted by Crippen LogP contribution is 2.30. The zero-order chi connectivity index (χ0) is 17.2. The van der Waals surface area contributed by atoms with Crippen molar-refractivity contribution in [3.05, 3.63) is 23.8 Å². The molecule has 130 valence electrons. The zero-order valence-corrected chi connectivity index (χ0v) is 14.8. The van der Waals surface area contributed by atoms with Crippen LogP contribution >= 0.6 is 0 Å². The van der Waals surface area contributed by atoms with Gasteiger partial charge in [-0.15, -0.1) is 0 Å². The van der Waals surface area contributed by atoms with E-state index in [9.17, 15) is 4.79 Å². The molecule has 23 heavy (non-hydrogen) atoms. The Morgan fingerprint density at radius 1 is 1.09 bits per heavy atom. The second-order valence-corrected chi connectivity index (χ2v) is 5.76. The summed E-state index contributed by atoms with van der Waals surface area (Å²) >= 11 is 0. The van der Waals surface area contributed by atoms with Gasteiger partial charge in [0.15, 0.2) is 11.5 Å². The summed E-state index contributed by atoms with van der Waals surface area (Å²) in [5.74, 6) is 1.22. The minimum atomic E-state index is -0.182. The van der Waals surface area contributed by atoms with Gasteiger partial charge >= 0.3 is 5.97 Å². The molecule has 0 fully saturated rings. The molecule has 1 aromatic carbocycles. The summed E-state index contributed by atoms with van der Waals surface area (Å²) < 4.78 is 21.0. The number of esters is 1. The number of carbonyl (C=O) groups excluding carboxylic acids is 1. The first kappa shape index (κ1) is 19.3. The average molecular weight is 324 g/mol. The molecule has 0 saturated carbocycles. The molecule has 0 heterocycles. The summed E-state index contributed by atoms with van der Waals surface area (Å²) in [4.78, 5) is 11.9. The van der Waals surface area contributed by atoms with Gasteiger partial charge in [0.25, 0.3) is 0 Å². The Morgan fingerprint density at radius 2 is 1.83 bits per heavy atom. The fourth-order valence-corrected chi connectivity index (χ4v) is 2.34. The molecule has 0 amide bonds. The van der Waals surface area contributed by atoms with Crippen LogP contribution < -0.4 is 9.47 Å². The number of methoxy groups -OCH3 is 3. The Labute approximate surface area is 138 Å². The Bertz CT molecular complexity index is 484. The molecule has 1 aromatic rings. The smallest absolute Gasteiger partial charge is 0.309 e. The van der Waals surface area contributed by atoms with E-state index in [4.69, 9.17) is 18.9 Å². The molecule has 0 bridgehead atoms. The maximum absolute atomic E-state index is 11.9. The van der Waals surface area contributed by atoms with Crippen LogP contribution in [-0.4, -0.2) is 40.5 Å². The van der Waals surface area contributed by atoms with Gasteiger partial charge in [0.05, 0.1) is 26.7 Å². The van der Waals surface area contributed by atoms with Gasteiger partial charge < -0.3 is 18.9 Å². The Kier molecular flexibility index (Phi) is 8.48. The van der Waals surface area contributed by atoms with Crippen molar-refractivity contribution in [1.29, 1.82) is 0 Å². The van der Waals surface area contributed by atoms with Crippen molar-refractivity contribution >= 4 is 5.97 Å². The Hall–Kier alpha value is -1.75. The van der Waals surface area contributed by atoms with E-state index in [0.717, 1.165) is 12.0 Å². The van der Waals surface area contributed by atoms with Crippen LogP contribution in [0.15, 0.2) is 18.2 Å². The second-order valence-electron chi connectivity index (χ2n) is 5.76. The first-order chi connectivity index (χ1) is 11.0. The molecule has 0 spiro atoms. The van der Waals surface area contributed by atoms with Crippen LogP contribution in [0.2, 0.25) is 0 Å². The van der Waals surface area contributed by atoms with Crippen LogP contribution in [0.25, 0.3) is 0 Å². The van der Waals surface area contributed by atoms with Gasteiger partial charge in [-0.1, -0.05) is 19.9 Å². The number of benzene rings is 1. The van der Waals surface area contributed by atoms with E-state index >= 15 is 0 Å². The van der Waals surface area contributed by atoms with Gasteiger partial charge in [0.1, 0.15) is 0 Å². The lowest BCUT2D eigenvalue weighted by Gasteiger charge is -2.19. The summed E-state index contributed by atoms with van der Waals surface area (Å²) in [7, 11) is 4.71. The highest BCUT2D eigenvalue weighted by atomic mass is 16.5. The Morgan fingerprint density at radius 3 is 2.39 bits per heavy atom. The summed E-state index contributed by atoms with van der Waals surface area (Å²) in [6.07, 6.45) is 1.42. The average Bonchev–Trinajstić information content (AvgIpc) is 2.55. The molecular formula is C18H28O5. The molecule has 0 N–H and O–H groups in total. The molecule has 0 saturated heterocycles. The normalized spacial score (nSPS) is 12.1. The number of carbonyl (C=O) groups is 1. The third-order valence-electron chi connectivity index (χ3n) is 3.74. The van der Waals surface area contributed by atoms with Gasteiger partial charge in [0.2, 0.25) is 0 Å². The van der Waals surface area contributed by atoms with Crippen molar-refractivity contribution in [3.8, 4) is 11.5 Å². The van der Waals surface area contributed by atoms with E-state index in [1.54, 1.807) is 14.2 Å². The first-order valence-electron chi connectivity index (χ1n) is 7.90. The summed E-state index contributed by atoms with van der Waals surface area (Å²) in [5, 5.41) is 0. The predicted molar refractivity (Wildman–Crippen MR) is 89.0 cm³/mol. The standard InChI is InChI=1S/C18H28O5/c1-13(2)15(18(19)22-5)11-14-7-8-16(21-4)17(12-14)23-10-6-9-20-3/h7-8,12-13,15H,6,9-11H2,1-5H3/t15-/m1/s1. The monoisotopic (exact) mass is 324 g/mol. The lowest BCUT2D eigenvalue weighted by molar-refractivity contribution is -0.146. The van der Waals surface area contributed by atoms with Crippen LogP contribution in [-0.2, 0) is 20.7 Å². The van der Waals surface area contributed by atoms with Gasteiger partial charge in [-0.3, -0.25) is 4.79 Å². The van der Waals surface area contributed by atoms with Crippen molar-refractivity contribution < 1.29 is 23.7 Å². The molecule has 0 radical (unpaired) electrons. The molecule has 0 aliphatic heterocycles. The summed E-state index contributed by atoms with van der Waals surface area (Å²) in [5.41, 5.74) is 1.02. The third kappa shape index (κ3) is 6.10. The van der Waals surface area contributed by atoms with E-state index in [-0.39, 0.29) is 17.8 Å². The predicted octanol–water partition coefficient (Wildman–Crippen LogP) is 3.10. The number of hydrogen-bond acceptors (Lipinski definition) is 5. The number of ether oxygens (including phenoxy) is 4. The van der Waals surface area contributed by atoms with E-state index < -0.39 is 0 Å². The molecule has 0 aromatic heterocycles. The molecule has 0 aliphatic rings. The van der Waals surface area contributed by atoms with Crippen LogP contribution in [0.3, 0.4) is 0 Å². The first-order valence-corrected chi connectivity index (χ1v) is 7.90. The highest BCUT2D eigenvalue weighted by molar-refractivity contribution is 5.73. The van der Waals surface area contributed by atoms with E-state index in [1.165, 1.54) is 7.11 Å². The maximum Gasteiger partial charge on any atom is 0.309 e. The van der Waals surface area contributed by atoms with E-state index in [2.05, 4.69) is 0 Å². The molecule has 0 aliphatic carbocycles. The molecule has 5 heteroatoms. The van der Waals surface area contributed by atoms with Crippen molar-refractivity contribution in [2.24, 2.45) is 11.8 Å². The van der Waals surface area contributed by atoms with Crippen molar-refractivity contribution in [1.82, 2.24) is 0 Å². The lowest BCUT2D eigenvalue weighted by atomic mass is 9.89. The lowest BCUT2D eigenvalue weighted by Crippen LogP contribution is -2.24. The quantitative estimate of drug-likeness (QED) is 0.489. The van der Waals surface area contributed by atoms with E-state index in [0.29, 0.717) is 31.1 Å². The summed E-state index contributed by atoms with van der Waals surface area (Å²) in [6, 6.07) is 5.76. The molecule has 5 nitrogen and oxygen atoms in total. The molecule has 1 atom stereocenters. The van der Waals surface area contributed by atoms with Crippen molar-refractivity contribution in [3.63, 3.8) is 0 Å². The van der Waals surface area contributed by atoms with Crippen LogP contribution in [0.4, 0.5) is 0 Å². The van der Waals surface area contributed by atoms with Crippen molar-refractivity contribution in [2.45, 2.75) is 26.7 Å². The minimum Gasteiger partial charge on any atom is -0.493 e. The maximum atomic E-state index is 11.9. The second kappa shape index (κ2) is 10.1. The minimum absolute atomic E-state index is 0.172. The Balaban J connectivity index is 2.84. The topological polar surface area (TPSA) is 54.0 Å². The fraction of sp³-hybridized carbons (Fsp3) is 0.611. The number of hydrogen-bond donors (Lipinski definition) is 0. The van der Waals surface area contributed by atoms with Crippen LogP contribution in [0.1, 0.15) is 25.8 Å². The van der Waals surface area contributed by atoms with Gasteiger partial charge in [-0.2, -0.15) is 0 Å². The van der Waals surface area contributed by atoms with Gasteiger partial charge in [0, 0.05) is 20.1 Å². The molecular weight excluding hydrogens is 296 g/mol.